The summed E-state index contributed by atoms with van der Waals surface area (Å²) in [5.74, 6) is -0.270. The Morgan fingerprint density at radius 3 is 2.27 bits per heavy atom. The van der Waals surface area contributed by atoms with Crippen LogP contribution in [0.1, 0.15) is 31.1 Å². The summed E-state index contributed by atoms with van der Waals surface area (Å²) in [5.41, 5.74) is 2.71. The fourth-order valence-corrected chi connectivity index (χ4v) is 3.47. The Kier molecular flexibility index (Phi) is 6.42. The highest BCUT2D eigenvalue weighted by Crippen LogP contribution is 2.32. The van der Waals surface area contributed by atoms with Crippen molar-refractivity contribution in [1.29, 1.82) is 0 Å². The number of nitrogens with one attached hydrogen (secondary N) is 3. The van der Waals surface area contributed by atoms with Crippen LogP contribution in [-0.2, 0) is 4.74 Å². The van der Waals surface area contributed by atoms with E-state index in [4.69, 9.17) is 4.74 Å². The summed E-state index contributed by atoms with van der Waals surface area (Å²) >= 11 is 1.60. The third kappa shape index (κ3) is 5.61. The molecule has 1 heterocycles. The van der Waals surface area contributed by atoms with Gasteiger partial charge in [0.05, 0.1) is 11.4 Å². The Morgan fingerprint density at radius 1 is 0.933 bits per heavy atom. The molecule has 156 valence electrons. The standard InChI is InChI=1S/C23H25N3O3S/c1-23(2,3)29-22(28)26-18-12-9-16(20-6-5-13-30-20)14-19(18)25-21(27)15-7-10-17(24-4)11-8-15/h5-14,24H,1-4H3,(H,25,27)(H,26,28). The second-order valence-electron chi connectivity index (χ2n) is 7.65. The molecule has 0 saturated carbocycles. The smallest absolute Gasteiger partial charge is 0.412 e. The van der Waals surface area contributed by atoms with Gasteiger partial charge >= 0.3 is 6.09 Å². The lowest BCUT2D eigenvalue weighted by Crippen LogP contribution is -2.27. The van der Waals surface area contributed by atoms with Crippen LogP contribution in [0.4, 0.5) is 21.9 Å². The lowest BCUT2D eigenvalue weighted by molar-refractivity contribution is 0.0635. The maximum absolute atomic E-state index is 12.8. The van der Waals surface area contributed by atoms with Gasteiger partial charge in [-0.3, -0.25) is 10.1 Å². The Bertz CT molecular complexity index is 1020. The van der Waals surface area contributed by atoms with Crippen LogP contribution >= 0.6 is 11.3 Å². The number of thiophene rings is 1. The normalized spacial score (nSPS) is 10.9. The molecule has 3 aromatic rings. The molecule has 0 radical (unpaired) electrons. The average molecular weight is 424 g/mol. The molecule has 7 heteroatoms. The van der Waals surface area contributed by atoms with Gasteiger partial charge in [0.1, 0.15) is 5.60 Å². The van der Waals surface area contributed by atoms with Gasteiger partial charge in [-0.25, -0.2) is 4.79 Å². The van der Waals surface area contributed by atoms with Crippen molar-refractivity contribution in [3.05, 3.63) is 65.5 Å². The minimum Gasteiger partial charge on any atom is -0.444 e. The van der Waals surface area contributed by atoms with Crippen molar-refractivity contribution in [3.63, 3.8) is 0 Å². The van der Waals surface area contributed by atoms with E-state index >= 15 is 0 Å². The van der Waals surface area contributed by atoms with Crippen LogP contribution in [0.3, 0.4) is 0 Å². The predicted octanol–water partition coefficient (Wildman–Crippen LogP) is 6.06. The van der Waals surface area contributed by atoms with E-state index in [0.717, 1.165) is 16.1 Å². The molecule has 0 saturated heterocycles. The van der Waals surface area contributed by atoms with E-state index in [1.54, 1.807) is 50.3 Å². The van der Waals surface area contributed by atoms with Crippen LogP contribution < -0.4 is 16.0 Å². The first-order chi connectivity index (χ1) is 14.2. The molecule has 0 spiro atoms. The summed E-state index contributed by atoms with van der Waals surface area (Å²) in [6.45, 7) is 5.39. The van der Waals surface area contributed by atoms with Crippen molar-refractivity contribution in [2.75, 3.05) is 23.0 Å². The number of benzene rings is 2. The lowest BCUT2D eigenvalue weighted by Gasteiger charge is -2.21. The highest BCUT2D eigenvalue weighted by molar-refractivity contribution is 7.13. The summed E-state index contributed by atoms with van der Waals surface area (Å²) in [6, 6.07) is 16.6. The molecule has 1 aromatic heterocycles. The van der Waals surface area contributed by atoms with Gasteiger partial charge in [0.2, 0.25) is 0 Å². The zero-order chi connectivity index (χ0) is 21.7. The highest BCUT2D eigenvalue weighted by Gasteiger charge is 2.18. The molecule has 0 aliphatic carbocycles. The van der Waals surface area contributed by atoms with Gasteiger partial charge in [0.25, 0.3) is 5.91 Å². The van der Waals surface area contributed by atoms with E-state index in [0.29, 0.717) is 16.9 Å². The highest BCUT2D eigenvalue weighted by atomic mass is 32.1. The maximum atomic E-state index is 12.8. The van der Waals surface area contributed by atoms with Crippen molar-refractivity contribution in [1.82, 2.24) is 0 Å². The number of ether oxygens (including phenoxy) is 1. The van der Waals surface area contributed by atoms with E-state index in [9.17, 15) is 9.59 Å². The largest absolute Gasteiger partial charge is 0.444 e. The van der Waals surface area contributed by atoms with Crippen molar-refractivity contribution in [2.24, 2.45) is 0 Å². The molecule has 0 aliphatic heterocycles. The summed E-state index contributed by atoms with van der Waals surface area (Å²) in [6.07, 6.45) is -0.583. The summed E-state index contributed by atoms with van der Waals surface area (Å²) in [5, 5.41) is 10.7. The van der Waals surface area contributed by atoms with Crippen LogP contribution in [0.5, 0.6) is 0 Å². The van der Waals surface area contributed by atoms with Gasteiger partial charge in [0.15, 0.2) is 0 Å². The molecule has 0 unspecified atom stereocenters. The van der Waals surface area contributed by atoms with Crippen molar-refractivity contribution in [3.8, 4) is 10.4 Å². The third-order valence-corrected chi connectivity index (χ3v) is 5.06. The predicted molar refractivity (Wildman–Crippen MR) is 124 cm³/mol. The lowest BCUT2D eigenvalue weighted by atomic mass is 10.1. The minimum atomic E-state index is -0.626. The van der Waals surface area contributed by atoms with Gasteiger partial charge in [-0.05, 0) is 74.2 Å². The fourth-order valence-electron chi connectivity index (χ4n) is 2.75. The minimum absolute atomic E-state index is 0.270. The number of carbonyl (C=O) groups excluding carboxylic acids is 2. The maximum Gasteiger partial charge on any atom is 0.412 e. The fraction of sp³-hybridized carbons (Fsp3) is 0.217. The molecule has 3 N–H and O–H groups in total. The number of amides is 2. The second-order valence-corrected chi connectivity index (χ2v) is 8.59. The SMILES string of the molecule is CNc1ccc(C(=O)Nc2cc(-c3cccs3)ccc2NC(=O)OC(C)(C)C)cc1. The second kappa shape index (κ2) is 9.00. The Balaban J connectivity index is 1.88. The number of anilines is 3. The molecule has 2 amide bonds. The molecule has 0 bridgehead atoms. The van der Waals surface area contributed by atoms with E-state index in [1.807, 2.05) is 48.8 Å². The topological polar surface area (TPSA) is 79.5 Å². The van der Waals surface area contributed by atoms with Crippen LogP contribution in [0.25, 0.3) is 10.4 Å². The zero-order valence-corrected chi connectivity index (χ0v) is 18.2. The van der Waals surface area contributed by atoms with E-state index in [1.165, 1.54) is 0 Å². The summed E-state index contributed by atoms with van der Waals surface area (Å²) in [4.78, 5) is 26.1. The number of rotatable bonds is 5. The summed E-state index contributed by atoms with van der Waals surface area (Å²) < 4.78 is 5.35. The molecule has 2 aromatic carbocycles. The monoisotopic (exact) mass is 423 g/mol. The molecular weight excluding hydrogens is 398 g/mol. The zero-order valence-electron chi connectivity index (χ0n) is 17.4. The number of carbonyl (C=O) groups is 2. The Morgan fingerprint density at radius 2 is 1.67 bits per heavy atom. The van der Waals surface area contributed by atoms with Gasteiger partial charge in [-0.15, -0.1) is 11.3 Å². The molecule has 0 fully saturated rings. The van der Waals surface area contributed by atoms with E-state index in [2.05, 4.69) is 16.0 Å². The van der Waals surface area contributed by atoms with Crippen molar-refractivity contribution < 1.29 is 14.3 Å². The van der Waals surface area contributed by atoms with Crippen molar-refractivity contribution >= 4 is 40.4 Å². The third-order valence-electron chi connectivity index (χ3n) is 4.14. The van der Waals surface area contributed by atoms with Crippen LogP contribution in [0.2, 0.25) is 0 Å². The van der Waals surface area contributed by atoms with E-state index < -0.39 is 11.7 Å². The average Bonchev–Trinajstić information content (AvgIpc) is 3.22. The Hall–Kier alpha value is -3.32. The number of hydrogen-bond acceptors (Lipinski definition) is 5. The first-order valence-electron chi connectivity index (χ1n) is 9.52. The van der Waals surface area contributed by atoms with E-state index in [-0.39, 0.29) is 5.91 Å². The van der Waals surface area contributed by atoms with Crippen LogP contribution in [0.15, 0.2) is 60.0 Å². The van der Waals surface area contributed by atoms with Crippen LogP contribution in [0, 0.1) is 0 Å². The molecule has 3 rings (SSSR count). The molecular formula is C23H25N3O3S. The molecule has 30 heavy (non-hydrogen) atoms. The molecule has 6 nitrogen and oxygen atoms in total. The molecule has 0 atom stereocenters. The van der Waals surface area contributed by atoms with Gasteiger partial charge in [0, 0.05) is 23.2 Å². The first-order valence-corrected chi connectivity index (χ1v) is 10.4. The van der Waals surface area contributed by atoms with Crippen LogP contribution in [-0.4, -0.2) is 24.6 Å². The summed E-state index contributed by atoms with van der Waals surface area (Å²) in [7, 11) is 1.82. The first kappa shape index (κ1) is 21.4. The van der Waals surface area contributed by atoms with Gasteiger partial charge in [-0.2, -0.15) is 0 Å². The van der Waals surface area contributed by atoms with Gasteiger partial charge < -0.3 is 15.4 Å². The quantitative estimate of drug-likeness (QED) is 0.466. The Labute approximate surface area is 180 Å². The van der Waals surface area contributed by atoms with Crippen molar-refractivity contribution in [2.45, 2.75) is 26.4 Å². The van der Waals surface area contributed by atoms with Gasteiger partial charge in [-0.1, -0.05) is 12.1 Å². The molecule has 0 aliphatic rings. The number of hydrogen-bond donors (Lipinski definition) is 3.